The number of rotatable bonds is 4. The molecule has 0 aromatic carbocycles. The maximum Gasteiger partial charge on any atom is 0.157 e. The Bertz CT molecular complexity index is 429. The van der Waals surface area contributed by atoms with Crippen LogP contribution in [0.4, 0.5) is 0 Å². The van der Waals surface area contributed by atoms with Crippen LogP contribution in [0.1, 0.15) is 38.4 Å². The van der Waals surface area contributed by atoms with Gasteiger partial charge in [0.25, 0.3) is 0 Å². The van der Waals surface area contributed by atoms with Crippen LogP contribution in [0.5, 0.6) is 0 Å². The summed E-state index contributed by atoms with van der Waals surface area (Å²) >= 11 is 1.91. The Morgan fingerprint density at radius 1 is 1.53 bits per heavy atom. The van der Waals surface area contributed by atoms with E-state index in [1.54, 1.807) is 6.26 Å². The second-order valence-corrected chi connectivity index (χ2v) is 6.68. The summed E-state index contributed by atoms with van der Waals surface area (Å²) in [4.78, 5) is 4.87. The molecule has 2 aliphatic rings. The van der Waals surface area contributed by atoms with Gasteiger partial charge >= 0.3 is 0 Å². The van der Waals surface area contributed by atoms with Crippen molar-refractivity contribution in [1.82, 2.24) is 5.32 Å². The maximum absolute atomic E-state index is 5.37. The van der Waals surface area contributed by atoms with E-state index in [1.165, 1.54) is 25.0 Å². The molecule has 0 bridgehead atoms. The molecule has 1 aromatic heterocycles. The molecule has 104 valence electrons. The number of amidine groups is 1. The predicted molar refractivity (Wildman–Crippen MR) is 80.6 cm³/mol. The summed E-state index contributed by atoms with van der Waals surface area (Å²) < 4.78 is 5.37. The highest BCUT2D eigenvalue weighted by molar-refractivity contribution is 8.13. The number of furan rings is 1. The second-order valence-electron chi connectivity index (χ2n) is 5.67. The molecule has 0 saturated heterocycles. The van der Waals surface area contributed by atoms with Crippen molar-refractivity contribution in [3.05, 3.63) is 24.2 Å². The molecule has 4 heteroatoms. The summed E-state index contributed by atoms with van der Waals surface area (Å²) in [5.41, 5.74) is 0. The molecule has 3 nitrogen and oxygen atoms in total. The van der Waals surface area contributed by atoms with Crippen LogP contribution in [0, 0.1) is 5.92 Å². The normalized spacial score (nSPS) is 27.7. The van der Waals surface area contributed by atoms with Gasteiger partial charge in [0.15, 0.2) is 5.17 Å². The lowest BCUT2D eigenvalue weighted by Crippen LogP contribution is -2.35. The molecule has 0 amide bonds. The Morgan fingerprint density at radius 3 is 3.32 bits per heavy atom. The summed E-state index contributed by atoms with van der Waals surface area (Å²) in [6.45, 7) is 2.23. The van der Waals surface area contributed by atoms with E-state index in [-0.39, 0.29) is 0 Å². The second kappa shape index (κ2) is 6.04. The SMILES string of the molecule is CC(CCc1ccco1)NC1=NC2CCCC2CS1. The van der Waals surface area contributed by atoms with Gasteiger partial charge in [-0.05, 0) is 44.2 Å². The zero-order valence-electron chi connectivity index (χ0n) is 11.5. The van der Waals surface area contributed by atoms with Crippen LogP contribution in [-0.2, 0) is 6.42 Å². The minimum absolute atomic E-state index is 0.453. The van der Waals surface area contributed by atoms with E-state index in [2.05, 4.69) is 12.2 Å². The molecule has 3 rings (SSSR count). The Hall–Kier alpha value is -0.900. The molecule has 1 saturated carbocycles. The van der Waals surface area contributed by atoms with Gasteiger partial charge < -0.3 is 9.73 Å². The van der Waals surface area contributed by atoms with Gasteiger partial charge in [0.1, 0.15) is 5.76 Å². The third-order valence-electron chi connectivity index (χ3n) is 4.11. The number of fused-ring (bicyclic) bond motifs is 1. The van der Waals surface area contributed by atoms with Crippen LogP contribution >= 0.6 is 11.8 Å². The molecule has 0 radical (unpaired) electrons. The summed E-state index contributed by atoms with van der Waals surface area (Å²) in [5.74, 6) is 3.17. The molecule has 1 fully saturated rings. The molecule has 2 heterocycles. The first-order valence-electron chi connectivity index (χ1n) is 7.31. The first-order chi connectivity index (χ1) is 9.31. The number of aliphatic imine (C=N–C) groups is 1. The van der Waals surface area contributed by atoms with Crippen LogP contribution < -0.4 is 5.32 Å². The van der Waals surface area contributed by atoms with E-state index in [0.717, 1.165) is 29.7 Å². The van der Waals surface area contributed by atoms with E-state index in [0.29, 0.717) is 12.1 Å². The molecule has 1 aliphatic heterocycles. The Kier molecular flexibility index (Phi) is 4.16. The fraction of sp³-hybridized carbons (Fsp3) is 0.667. The van der Waals surface area contributed by atoms with Gasteiger partial charge in [-0.15, -0.1) is 0 Å². The first-order valence-corrected chi connectivity index (χ1v) is 8.29. The molecule has 1 aliphatic carbocycles. The van der Waals surface area contributed by atoms with Gasteiger partial charge in [0.2, 0.25) is 0 Å². The minimum Gasteiger partial charge on any atom is -0.469 e. The largest absolute Gasteiger partial charge is 0.469 e. The number of nitrogens with zero attached hydrogens (tertiary/aromatic N) is 1. The van der Waals surface area contributed by atoms with Crippen LogP contribution in [0.2, 0.25) is 0 Å². The molecule has 1 N–H and O–H groups in total. The average Bonchev–Trinajstić information content (AvgIpc) is 3.07. The van der Waals surface area contributed by atoms with Gasteiger partial charge in [-0.1, -0.05) is 18.2 Å². The van der Waals surface area contributed by atoms with Crippen molar-refractivity contribution < 1.29 is 4.42 Å². The van der Waals surface area contributed by atoms with Crippen LogP contribution in [0.25, 0.3) is 0 Å². The van der Waals surface area contributed by atoms with Crippen LogP contribution in [0.15, 0.2) is 27.8 Å². The van der Waals surface area contributed by atoms with Crippen LogP contribution in [-0.4, -0.2) is 23.0 Å². The number of hydrogen-bond donors (Lipinski definition) is 1. The molecule has 3 atom stereocenters. The van der Waals surface area contributed by atoms with E-state index in [4.69, 9.17) is 9.41 Å². The quantitative estimate of drug-likeness (QED) is 0.916. The van der Waals surface area contributed by atoms with Gasteiger partial charge in [-0.2, -0.15) is 0 Å². The van der Waals surface area contributed by atoms with Gasteiger partial charge in [-0.25, -0.2) is 0 Å². The minimum atomic E-state index is 0.453. The highest BCUT2D eigenvalue weighted by Crippen LogP contribution is 2.35. The Morgan fingerprint density at radius 2 is 2.47 bits per heavy atom. The number of thioether (sulfide) groups is 1. The standard InChI is InChI=1S/C15H22N2OS/c1-11(7-8-13-5-3-9-18-13)16-15-17-14-6-2-4-12(14)10-19-15/h3,5,9,11-12,14H,2,4,6-8,10H2,1H3,(H,16,17). The zero-order valence-corrected chi connectivity index (χ0v) is 12.3. The topological polar surface area (TPSA) is 37.5 Å². The third-order valence-corrected chi connectivity index (χ3v) is 5.20. The summed E-state index contributed by atoms with van der Waals surface area (Å²) in [6, 6.07) is 5.05. The molecular weight excluding hydrogens is 256 g/mol. The van der Waals surface area contributed by atoms with E-state index in [1.807, 2.05) is 23.9 Å². The first kappa shape index (κ1) is 13.1. The van der Waals surface area contributed by atoms with Crippen molar-refractivity contribution in [2.24, 2.45) is 10.9 Å². The molecule has 3 unspecified atom stereocenters. The fourth-order valence-electron chi connectivity index (χ4n) is 2.93. The van der Waals surface area contributed by atoms with Gasteiger partial charge in [0, 0.05) is 18.2 Å². The molecule has 0 spiro atoms. The predicted octanol–water partition coefficient (Wildman–Crippen LogP) is 3.46. The highest BCUT2D eigenvalue weighted by atomic mass is 32.2. The van der Waals surface area contributed by atoms with E-state index in [9.17, 15) is 0 Å². The van der Waals surface area contributed by atoms with Crippen molar-refractivity contribution in [1.29, 1.82) is 0 Å². The molecule has 1 aromatic rings. The number of nitrogens with one attached hydrogen (secondary N) is 1. The lowest BCUT2D eigenvalue weighted by Gasteiger charge is -2.25. The summed E-state index contributed by atoms with van der Waals surface area (Å²) in [7, 11) is 0. The van der Waals surface area contributed by atoms with Gasteiger partial charge in [-0.3, -0.25) is 4.99 Å². The lowest BCUT2D eigenvalue weighted by molar-refractivity contribution is 0.482. The maximum atomic E-state index is 5.37. The van der Waals surface area contributed by atoms with E-state index < -0.39 is 0 Å². The van der Waals surface area contributed by atoms with Crippen molar-refractivity contribution in [3.63, 3.8) is 0 Å². The smallest absolute Gasteiger partial charge is 0.157 e. The third kappa shape index (κ3) is 3.35. The average molecular weight is 278 g/mol. The van der Waals surface area contributed by atoms with Gasteiger partial charge in [0.05, 0.1) is 12.3 Å². The number of aryl methyl sites for hydroxylation is 1. The Balaban J connectivity index is 1.48. The van der Waals surface area contributed by atoms with Crippen LogP contribution in [0.3, 0.4) is 0 Å². The monoisotopic (exact) mass is 278 g/mol. The zero-order chi connectivity index (χ0) is 13.1. The summed E-state index contributed by atoms with van der Waals surface area (Å²) in [6.07, 6.45) is 7.85. The molecular formula is C15H22N2OS. The van der Waals surface area contributed by atoms with Crippen molar-refractivity contribution in [3.8, 4) is 0 Å². The van der Waals surface area contributed by atoms with Crippen molar-refractivity contribution >= 4 is 16.9 Å². The van der Waals surface area contributed by atoms with E-state index >= 15 is 0 Å². The fourth-order valence-corrected chi connectivity index (χ4v) is 4.19. The summed E-state index contributed by atoms with van der Waals surface area (Å²) in [5, 5.41) is 4.73. The highest BCUT2D eigenvalue weighted by Gasteiger charge is 2.31. The van der Waals surface area contributed by atoms with Crippen molar-refractivity contribution in [2.75, 3.05) is 5.75 Å². The molecule has 19 heavy (non-hydrogen) atoms. The Labute approximate surface area is 119 Å². The van der Waals surface area contributed by atoms with Crippen molar-refractivity contribution in [2.45, 2.75) is 51.1 Å². The lowest BCUT2D eigenvalue weighted by atomic mass is 10.1. The number of hydrogen-bond acceptors (Lipinski definition) is 4.